The van der Waals surface area contributed by atoms with Crippen LogP contribution in [0.2, 0.25) is 0 Å². The second-order valence-electron chi connectivity index (χ2n) is 5.40. The number of anilines is 1. The predicted molar refractivity (Wildman–Crippen MR) is 99.3 cm³/mol. The third kappa shape index (κ3) is 3.88. The molecule has 1 amide bonds. The van der Waals surface area contributed by atoms with Crippen molar-refractivity contribution in [1.29, 1.82) is 5.26 Å². The first-order valence-corrected chi connectivity index (χ1v) is 8.49. The number of hydrogen-bond donors (Lipinski definition) is 1. The maximum Gasteiger partial charge on any atom is 0.271 e. The van der Waals surface area contributed by atoms with Crippen molar-refractivity contribution in [2.24, 2.45) is 0 Å². The zero-order valence-corrected chi connectivity index (χ0v) is 14.8. The van der Waals surface area contributed by atoms with Gasteiger partial charge in [0, 0.05) is 24.0 Å². The minimum Gasteiger partial charge on any atom is -0.317 e. The van der Waals surface area contributed by atoms with E-state index in [0.717, 1.165) is 16.9 Å². The molecular weight excluding hydrogens is 368 g/mol. The van der Waals surface area contributed by atoms with E-state index in [4.69, 9.17) is 0 Å². The minimum atomic E-state index is -0.613. The van der Waals surface area contributed by atoms with Crippen molar-refractivity contribution in [3.63, 3.8) is 0 Å². The fourth-order valence-electron chi connectivity index (χ4n) is 2.39. The minimum absolute atomic E-state index is 0.0475. The van der Waals surface area contributed by atoms with Crippen molar-refractivity contribution >= 4 is 34.1 Å². The van der Waals surface area contributed by atoms with Gasteiger partial charge in [-0.25, -0.2) is 0 Å². The number of aryl methyl sites for hydroxylation is 1. The summed E-state index contributed by atoms with van der Waals surface area (Å²) in [7, 11) is 0. The molecule has 0 saturated heterocycles. The lowest BCUT2D eigenvalue weighted by Crippen LogP contribution is -2.13. The van der Waals surface area contributed by atoms with Gasteiger partial charge in [-0.3, -0.25) is 20.2 Å². The molecule has 10 heteroatoms. The summed E-state index contributed by atoms with van der Waals surface area (Å²) in [5.74, 6) is -0.613. The number of nitro benzene ring substituents is 1. The monoisotopic (exact) mass is 380 g/mol. The smallest absolute Gasteiger partial charge is 0.271 e. The largest absolute Gasteiger partial charge is 0.317 e. The molecule has 0 aliphatic rings. The normalized spacial score (nSPS) is 11.0. The first-order valence-electron chi connectivity index (χ1n) is 7.61. The van der Waals surface area contributed by atoms with E-state index in [0.29, 0.717) is 11.4 Å². The van der Waals surface area contributed by atoms with Crippen LogP contribution in [0.3, 0.4) is 0 Å². The van der Waals surface area contributed by atoms with E-state index in [1.165, 1.54) is 23.7 Å². The Labute approximate surface area is 157 Å². The van der Waals surface area contributed by atoms with Crippen LogP contribution >= 0.6 is 11.3 Å². The second kappa shape index (κ2) is 7.59. The molecule has 0 aliphatic carbocycles. The molecule has 0 saturated carbocycles. The number of rotatable bonds is 5. The number of amides is 1. The molecule has 1 aromatic carbocycles. The highest BCUT2D eigenvalue weighted by Crippen LogP contribution is 2.24. The van der Waals surface area contributed by atoms with Gasteiger partial charge in [0.2, 0.25) is 5.13 Å². The Morgan fingerprint density at radius 1 is 1.44 bits per heavy atom. The highest BCUT2D eigenvalue weighted by Gasteiger charge is 2.15. The Balaban J connectivity index is 1.98. The van der Waals surface area contributed by atoms with Gasteiger partial charge in [-0.2, -0.15) is 5.26 Å². The van der Waals surface area contributed by atoms with Crippen molar-refractivity contribution in [3.8, 4) is 11.8 Å². The average molecular weight is 380 g/mol. The third-order valence-corrected chi connectivity index (χ3v) is 4.29. The molecule has 0 fully saturated rings. The van der Waals surface area contributed by atoms with Gasteiger partial charge in [0.1, 0.15) is 17.2 Å². The van der Waals surface area contributed by atoms with E-state index in [2.05, 4.69) is 15.5 Å². The van der Waals surface area contributed by atoms with Gasteiger partial charge in [0.15, 0.2) is 0 Å². The number of hydrogen-bond acceptors (Lipinski definition) is 7. The predicted octanol–water partition coefficient (Wildman–Crippen LogP) is 3.09. The Hall–Kier alpha value is -3.84. The molecular formula is C17H12N6O3S. The lowest BCUT2D eigenvalue weighted by molar-refractivity contribution is -0.384. The Bertz CT molecular complexity index is 1080. The van der Waals surface area contributed by atoms with Gasteiger partial charge in [-0.15, -0.1) is 10.2 Å². The highest BCUT2D eigenvalue weighted by molar-refractivity contribution is 7.13. The molecule has 3 rings (SSSR count). The number of non-ortho nitro benzene ring substituents is 1. The molecule has 0 bridgehead atoms. The fourth-order valence-corrected chi connectivity index (χ4v) is 2.83. The lowest BCUT2D eigenvalue weighted by atomic mass is 10.1. The number of nitrogens with one attached hydrogen (secondary N) is 1. The van der Waals surface area contributed by atoms with Gasteiger partial charge < -0.3 is 4.57 Å². The molecule has 0 aliphatic heterocycles. The van der Waals surface area contributed by atoms with Crippen LogP contribution in [0, 0.1) is 28.4 Å². The summed E-state index contributed by atoms with van der Waals surface area (Å²) in [5.41, 5.74) is 3.21. The maximum atomic E-state index is 12.3. The van der Waals surface area contributed by atoms with Gasteiger partial charge in [-0.1, -0.05) is 17.4 Å². The van der Waals surface area contributed by atoms with E-state index in [1.54, 1.807) is 29.0 Å². The number of nitrogens with zero attached hydrogens (tertiary/aromatic N) is 5. The first-order chi connectivity index (χ1) is 13.0. The second-order valence-corrected chi connectivity index (χ2v) is 6.23. The van der Waals surface area contributed by atoms with Crippen LogP contribution in [-0.2, 0) is 4.79 Å². The molecule has 2 heterocycles. The van der Waals surface area contributed by atoms with Crippen LogP contribution < -0.4 is 5.32 Å². The molecule has 134 valence electrons. The van der Waals surface area contributed by atoms with Crippen LogP contribution in [0.5, 0.6) is 0 Å². The molecule has 27 heavy (non-hydrogen) atoms. The Morgan fingerprint density at radius 3 is 2.93 bits per heavy atom. The Morgan fingerprint density at radius 2 is 2.26 bits per heavy atom. The van der Waals surface area contributed by atoms with E-state index in [-0.39, 0.29) is 16.4 Å². The van der Waals surface area contributed by atoms with Gasteiger partial charge in [-0.05, 0) is 30.7 Å². The number of benzene rings is 1. The molecule has 2 aromatic heterocycles. The summed E-state index contributed by atoms with van der Waals surface area (Å²) in [6.07, 6.45) is 3.12. The topological polar surface area (TPSA) is 127 Å². The van der Waals surface area contributed by atoms with Crippen molar-refractivity contribution in [3.05, 3.63) is 69.0 Å². The molecule has 0 unspecified atom stereocenters. The quantitative estimate of drug-likeness (QED) is 0.314. The lowest BCUT2D eigenvalue weighted by Gasteiger charge is -2.10. The number of carbonyl (C=O) groups is 1. The summed E-state index contributed by atoms with van der Waals surface area (Å²) in [5, 5.41) is 30.5. The number of nitro groups is 1. The van der Waals surface area contributed by atoms with E-state index >= 15 is 0 Å². The number of carbonyl (C=O) groups excluding carboxylic acids is 1. The Kier molecular flexibility index (Phi) is 5.05. The zero-order valence-electron chi connectivity index (χ0n) is 14.0. The van der Waals surface area contributed by atoms with Crippen LogP contribution in [0.1, 0.15) is 11.3 Å². The van der Waals surface area contributed by atoms with Gasteiger partial charge >= 0.3 is 0 Å². The summed E-state index contributed by atoms with van der Waals surface area (Å²) >= 11 is 1.13. The number of nitriles is 1. The van der Waals surface area contributed by atoms with Crippen LogP contribution in [0.4, 0.5) is 10.8 Å². The zero-order chi connectivity index (χ0) is 19.4. The van der Waals surface area contributed by atoms with E-state index in [9.17, 15) is 20.2 Å². The molecule has 0 spiro atoms. The summed E-state index contributed by atoms with van der Waals surface area (Å²) < 4.78 is 1.68. The van der Waals surface area contributed by atoms with Crippen LogP contribution in [-0.4, -0.2) is 25.6 Å². The van der Waals surface area contributed by atoms with Crippen molar-refractivity contribution in [2.75, 3.05) is 5.32 Å². The van der Waals surface area contributed by atoms with Crippen LogP contribution in [0.15, 0.2) is 47.6 Å². The maximum absolute atomic E-state index is 12.3. The molecule has 0 radical (unpaired) electrons. The van der Waals surface area contributed by atoms with Gasteiger partial charge in [0.05, 0.1) is 10.6 Å². The highest BCUT2D eigenvalue weighted by atomic mass is 32.1. The fraction of sp³-hybridized carbons (Fsp3) is 0.0588. The van der Waals surface area contributed by atoms with Gasteiger partial charge in [0.25, 0.3) is 11.6 Å². The van der Waals surface area contributed by atoms with E-state index in [1.807, 2.05) is 13.0 Å². The molecule has 0 atom stereocenters. The summed E-state index contributed by atoms with van der Waals surface area (Å²) in [6, 6.07) is 9.80. The van der Waals surface area contributed by atoms with Crippen LogP contribution in [0.25, 0.3) is 11.8 Å². The standard InChI is InChI=1S/C17H12N6O3S/c1-11-4-5-14(23(25)26)8-15(11)22-6-2-3-13(22)7-12(9-18)16(24)20-17-21-19-10-27-17/h2-8,10H,1H3,(H,20,21,24)/b12-7-. The van der Waals surface area contributed by atoms with Crippen molar-refractivity contribution < 1.29 is 9.72 Å². The summed E-state index contributed by atoms with van der Waals surface area (Å²) in [4.78, 5) is 22.9. The first kappa shape index (κ1) is 18.0. The number of aromatic nitrogens is 3. The summed E-state index contributed by atoms with van der Waals surface area (Å²) in [6.45, 7) is 1.82. The van der Waals surface area contributed by atoms with E-state index < -0.39 is 10.8 Å². The average Bonchev–Trinajstić information content (AvgIpc) is 3.31. The third-order valence-electron chi connectivity index (χ3n) is 3.68. The van der Waals surface area contributed by atoms with Crippen molar-refractivity contribution in [2.45, 2.75) is 6.92 Å². The van der Waals surface area contributed by atoms with Crippen molar-refractivity contribution in [1.82, 2.24) is 14.8 Å². The molecule has 3 aromatic rings. The molecule has 1 N–H and O–H groups in total. The SMILES string of the molecule is Cc1ccc([N+](=O)[O-])cc1-n1cccc1/C=C(/C#N)C(=O)Nc1nncs1. The molecule has 9 nitrogen and oxygen atoms in total.